The highest BCUT2D eigenvalue weighted by molar-refractivity contribution is 5.88. The number of nitrogens with one attached hydrogen (secondary N) is 1. The van der Waals surface area contributed by atoms with Gasteiger partial charge in [0, 0.05) is 32.5 Å². The predicted octanol–water partition coefficient (Wildman–Crippen LogP) is 2.16. The van der Waals surface area contributed by atoms with Crippen molar-refractivity contribution in [1.82, 2.24) is 10.2 Å². The average molecular weight is 328 g/mol. The van der Waals surface area contributed by atoms with Crippen LogP contribution < -0.4 is 5.32 Å². The van der Waals surface area contributed by atoms with Crippen LogP contribution in [0.4, 0.5) is 0 Å². The van der Waals surface area contributed by atoms with E-state index in [-0.39, 0.29) is 18.1 Å². The van der Waals surface area contributed by atoms with Gasteiger partial charge in [0.05, 0.1) is 12.2 Å². The molecule has 4 heteroatoms. The van der Waals surface area contributed by atoms with E-state index in [1.807, 2.05) is 0 Å². The molecule has 4 rings (SSSR count). The summed E-state index contributed by atoms with van der Waals surface area (Å²) in [5.74, 6) is 0.921. The second kappa shape index (κ2) is 6.16. The smallest absolute Gasteiger partial charge is 0.241 e. The predicted molar refractivity (Wildman–Crippen MR) is 93.9 cm³/mol. The minimum atomic E-state index is -0.440. The number of carbonyl (C=O) groups is 1. The van der Waals surface area contributed by atoms with Gasteiger partial charge in [-0.1, -0.05) is 24.3 Å². The molecule has 1 heterocycles. The molecule has 1 amide bonds. The first kappa shape index (κ1) is 16.1. The fourth-order valence-electron chi connectivity index (χ4n) is 4.37. The standard InChI is InChI=1S/C20H28N2O2/c1-14-12-22(13-15(2)24-14)20(19(23)21-11-16-7-8-16)9-17-5-3-4-6-18(17)10-20/h3-6,14-16H,7-13H2,1-2H3,(H,21,23)/t14-,15+. The van der Waals surface area contributed by atoms with Gasteiger partial charge in [0.2, 0.25) is 5.91 Å². The Bertz CT molecular complexity index is 591. The first-order valence-electron chi connectivity index (χ1n) is 9.32. The van der Waals surface area contributed by atoms with Gasteiger partial charge >= 0.3 is 0 Å². The fraction of sp³-hybridized carbons (Fsp3) is 0.650. The van der Waals surface area contributed by atoms with Gasteiger partial charge in [-0.2, -0.15) is 0 Å². The third-order valence-electron chi connectivity index (χ3n) is 5.78. The van der Waals surface area contributed by atoms with E-state index in [4.69, 9.17) is 4.74 Å². The molecule has 24 heavy (non-hydrogen) atoms. The Labute approximate surface area is 144 Å². The average Bonchev–Trinajstić information content (AvgIpc) is 3.29. The zero-order valence-electron chi connectivity index (χ0n) is 14.8. The Morgan fingerprint density at radius 3 is 2.29 bits per heavy atom. The Morgan fingerprint density at radius 1 is 1.17 bits per heavy atom. The highest BCUT2D eigenvalue weighted by atomic mass is 16.5. The minimum absolute atomic E-state index is 0.172. The summed E-state index contributed by atoms with van der Waals surface area (Å²) in [7, 11) is 0. The van der Waals surface area contributed by atoms with Gasteiger partial charge in [-0.05, 0) is 43.7 Å². The molecule has 1 saturated carbocycles. The second-order valence-electron chi connectivity index (χ2n) is 7.97. The molecule has 1 N–H and O–H groups in total. The molecule has 1 aromatic carbocycles. The van der Waals surface area contributed by atoms with Crippen LogP contribution >= 0.6 is 0 Å². The number of ether oxygens (including phenoxy) is 1. The van der Waals surface area contributed by atoms with E-state index in [2.05, 4.69) is 48.3 Å². The topological polar surface area (TPSA) is 41.6 Å². The summed E-state index contributed by atoms with van der Waals surface area (Å²) >= 11 is 0. The molecule has 3 aliphatic rings. The van der Waals surface area contributed by atoms with Crippen LogP contribution in [0, 0.1) is 5.92 Å². The first-order valence-corrected chi connectivity index (χ1v) is 9.32. The van der Waals surface area contributed by atoms with Crippen molar-refractivity contribution in [2.45, 2.75) is 57.3 Å². The summed E-state index contributed by atoms with van der Waals surface area (Å²) in [6.45, 7) is 6.72. The van der Waals surface area contributed by atoms with Gasteiger partial charge in [-0.3, -0.25) is 9.69 Å². The van der Waals surface area contributed by atoms with Crippen molar-refractivity contribution in [1.29, 1.82) is 0 Å². The summed E-state index contributed by atoms with van der Waals surface area (Å²) in [6.07, 6.45) is 4.51. The monoisotopic (exact) mass is 328 g/mol. The Morgan fingerprint density at radius 2 is 1.75 bits per heavy atom. The van der Waals surface area contributed by atoms with Crippen LogP contribution in [0.1, 0.15) is 37.8 Å². The van der Waals surface area contributed by atoms with Crippen LogP contribution in [0.3, 0.4) is 0 Å². The van der Waals surface area contributed by atoms with Crippen molar-refractivity contribution in [3.63, 3.8) is 0 Å². The summed E-state index contributed by atoms with van der Waals surface area (Å²) in [4.78, 5) is 15.7. The molecule has 0 radical (unpaired) electrons. The molecule has 2 atom stereocenters. The lowest BCUT2D eigenvalue weighted by atomic mass is 9.90. The lowest BCUT2D eigenvalue weighted by molar-refractivity contribution is -0.144. The van der Waals surface area contributed by atoms with Crippen LogP contribution in [-0.2, 0) is 22.4 Å². The van der Waals surface area contributed by atoms with Crippen LogP contribution in [0.2, 0.25) is 0 Å². The summed E-state index contributed by atoms with van der Waals surface area (Å²) in [6, 6.07) is 8.53. The molecule has 0 aromatic heterocycles. The summed E-state index contributed by atoms with van der Waals surface area (Å²) in [5, 5.41) is 3.27. The number of morpholine rings is 1. The number of amides is 1. The van der Waals surface area contributed by atoms with Crippen molar-refractivity contribution in [3.8, 4) is 0 Å². The van der Waals surface area contributed by atoms with Crippen molar-refractivity contribution >= 4 is 5.91 Å². The summed E-state index contributed by atoms with van der Waals surface area (Å²) < 4.78 is 5.91. The number of rotatable bonds is 4. The lowest BCUT2D eigenvalue weighted by Crippen LogP contribution is -2.64. The van der Waals surface area contributed by atoms with Crippen molar-refractivity contribution < 1.29 is 9.53 Å². The SMILES string of the molecule is C[C@@H]1CN(C2(C(=O)NCC3CC3)Cc3ccccc3C2)C[C@H](C)O1. The molecule has 2 fully saturated rings. The van der Waals surface area contributed by atoms with Gasteiger partial charge in [0.1, 0.15) is 5.54 Å². The molecule has 0 bridgehead atoms. The van der Waals surface area contributed by atoms with E-state index in [1.54, 1.807) is 0 Å². The molecule has 0 spiro atoms. The van der Waals surface area contributed by atoms with Crippen LogP contribution in [0.15, 0.2) is 24.3 Å². The molecule has 2 aliphatic carbocycles. The van der Waals surface area contributed by atoms with Gasteiger partial charge in [0.25, 0.3) is 0 Å². The normalized spacial score (nSPS) is 29.2. The third-order valence-corrected chi connectivity index (χ3v) is 5.78. The number of benzene rings is 1. The maximum atomic E-state index is 13.3. The maximum Gasteiger partial charge on any atom is 0.241 e. The molecule has 1 aromatic rings. The highest BCUT2D eigenvalue weighted by Crippen LogP contribution is 2.37. The van der Waals surface area contributed by atoms with E-state index >= 15 is 0 Å². The first-order chi connectivity index (χ1) is 11.6. The second-order valence-corrected chi connectivity index (χ2v) is 7.97. The molecule has 0 unspecified atom stereocenters. The maximum absolute atomic E-state index is 13.3. The van der Waals surface area contributed by atoms with Gasteiger partial charge in [-0.15, -0.1) is 0 Å². The Hall–Kier alpha value is -1.39. The van der Waals surface area contributed by atoms with Crippen LogP contribution in [0.25, 0.3) is 0 Å². The van der Waals surface area contributed by atoms with E-state index in [0.717, 1.165) is 32.5 Å². The van der Waals surface area contributed by atoms with Gasteiger partial charge in [0.15, 0.2) is 0 Å². The fourth-order valence-corrected chi connectivity index (χ4v) is 4.37. The van der Waals surface area contributed by atoms with Crippen LogP contribution in [0.5, 0.6) is 0 Å². The van der Waals surface area contributed by atoms with E-state index in [9.17, 15) is 4.79 Å². The number of fused-ring (bicyclic) bond motifs is 1. The highest BCUT2D eigenvalue weighted by Gasteiger charge is 2.50. The Kier molecular flexibility index (Phi) is 4.13. The molecule has 130 valence electrons. The largest absolute Gasteiger partial charge is 0.373 e. The van der Waals surface area contributed by atoms with Gasteiger partial charge < -0.3 is 10.1 Å². The van der Waals surface area contributed by atoms with Crippen molar-refractivity contribution in [2.24, 2.45) is 5.92 Å². The number of carbonyl (C=O) groups excluding carboxylic acids is 1. The molecular formula is C20H28N2O2. The van der Waals surface area contributed by atoms with Crippen molar-refractivity contribution in [2.75, 3.05) is 19.6 Å². The quantitative estimate of drug-likeness (QED) is 0.921. The number of hydrogen-bond acceptors (Lipinski definition) is 3. The molecule has 4 nitrogen and oxygen atoms in total. The molecule has 1 saturated heterocycles. The number of nitrogens with zero attached hydrogens (tertiary/aromatic N) is 1. The Balaban J connectivity index is 1.61. The third kappa shape index (κ3) is 2.98. The zero-order chi connectivity index (χ0) is 16.7. The minimum Gasteiger partial charge on any atom is -0.373 e. The van der Waals surface area contributed by atoms with Gasteiger partial charge in [-0.25, -0.2) is 0 Å². The summed E-state index contributed by atoms with van der Waals surface area (Å²) in [5.41, 5.74) is 2.21. The number of hydrogen-bond donors (Lipinski definition) is 1. The lowest BCUT2D eigenvalue weighted by Gasteiger charge is -2.45. The van der Waals surface area contributed by atoms with E-state index in [0.29, 0.717) is 5.92 Å². The van der Waals surface area contributed by atoms with E-state index in [1.165, 1.54) is 24.0 Å². The zero-order valence-corrected chi connectivity index (χ0v) is 14.8. The van der Waals surface area contributed by atoms with E-state index < -0.39 is 5.54 Å². The molecule has 1 aliphatic heterocycles. The molecular weight excluding hydrogens is 300 g/mol. The van der Waals surface area contributed by atoms with Crippen LogP contribution in [-0.4, -0.2) is 48.2 Å². The van der Waals surface area contributed by atoms with Crippen molar-refractivity contribution in [3.05, 3.63) is 35.4 Å².